The van der Waals surface area contributed by atoms with Gasteiger partial charge in [0.2, 0.25) is 5.95 Å². The second-order valence-electron chi connectivity index (χ2n) is 8.63. The first-order valence-electron chi connectivity index (χ1n) is 11.4. The van der Waals surface area contributed by atoms with E-state index >= 15 is 0 Å². The lowest BCUT2D eigenvalue weighted by Gasteiger charge is -2.27. The van der Waals surface area contributed by atoms with Gasteiger partial charge in [-0.25, -0.2) is 14.2 Å². The first kappa shape index (κ1) is 24.6. The Balaban J connectivity index is 1.36. The third-order valence-electron chi connectivity index (χ3n) is 6.25. The maximum absolute atomic E-state index is 13.4. The van der Waals surface area contributed by atoms with E-state index in [0.29, 0.717) is 25.1 Å². The molecule has 3 heterocycles. The molecular formula is C27H22BrClF2N4O. The zero-order chi connectivity index (χ0) is 25.2. The summed E-state index contributed by atoms with van der Waals surface area (Å²) in [6.45, 7) is 2.38. The molecule has 0 bridgehead atoms. The molecule has 0 radical (unpaired) electrons. The van der Waals surface area contributed by atoms with E-state index in [2.05, 4.69) is 31.1 Å². The van der Waals surface area contributed by atoms with Crippen molar-refractivity contribution in [2.75, 3.05) is 13.1 Å². The third-order valence-corrected chi connectivity index (χ3v) is 7.03. The molecule has 1 aliphatic heterocycles. The Bertz CT molecular complexity index is 1490. The number of fused-ring (bicyclic) bond motifs is 3. The van der Waals surface area contributed by atoms with Crippen LogP contribution < -0.4 is 5.32 Å². The lowest BCUT2D eigenvalue weighted by molar-refractivity contribution is 0.240. The number of amides is 1. The van der Waals surface area contributed by atoms with Gasteiger partial charge < -0.3 is 5.32 Å². The number of carbonyl (C=O) groups excluding carboxylic acids is 1. The number of carbonyl (C=O) groups is 1. The fourth-order valence-corrected chi connectivity index (χ4v) is 5.08. The van der Waals surface area contributed by atoms with Crippen LogP contribution >= 0.6 is 27.5 Å². The summed E-state index contributed by atoms with van der Waals surface area (Å²) in [4.78, 5) is 19.1. The summed E-state index contributed by atoms with van der Waals surface area (Å²) in [6.07, 6.45) is 6.05. The van der Waals surface area contributed by atoms with Crippen LogP contribution in [0.4, 0.5) is 13.6 Å². The number of hydrogen-bond donors (Lipinski definition) is 1. The highest BCUT2D eigenvalue weighted by atomic mass is 79.9. The van der Waals surface area contributed by atoms with Crippen molar-refractivity contribution in [3.05, 3.63) is 104 Å². The van der Waals surface area contributed by atoms with E-state index in [1.807, 2.05) is 30.4 Å². The van der Waals surface area contributed by atoms with Gasteiger partial charge in [0.15, 0.2) is 0 Å². The predicted molar refractivity (Wildman–Crippen MR) is 141 cm³/mol. The lowest BCUT2D eigenvalue weighted by atomic mass is 10.0. The Morgan fingerprint density at radius 1 is 1.17 bits per heavy atom. The van der Waals surface area contributed by atoms with Crippen molar-refractivity contribution in [1.82, 2.24) is 19.8 Å². The maximum Gasteiger partial charge on any atom is 0.326 e. The molecule has 0 spiro atoms. The van der Waals surface area contributed by atoms with Gasteiger partial charge in [-0.3, -0.25) is 9.47 Å². The van der Waals surface area contributed by atoms with Gasteiger partial charge in [-0.05, 0) is 53.1 Å². The van der Waals surface area contributed by atoms with Gasteiger partial charge in [0.25, 0.3) is 0 Å². The van der Waals surface area contributed by atoms with Crippen LogP contribution in [-0.4, -0.2) is 33.6 Å². The minimum atomic E-state index is -0.578. The zero-order valence-corrected chi connectivity index (χ0v) is 21.5. The molecule has 1 N–H and O–H groups in total. The molecule has 1 aliphatic rings. The van der Waals surface area contributed by atoms with Crippen molar-refractivity contribution in [1.29, 1.82) is 0 Å². The number of halogens is 4. The molecule has 9 heteroatoms. The first-order chi connectivity index (χ1) is 17.4. The molecular weight excluding hydrogens is 550 g/mol. The summed E-state index contributed by atoms with van der Waals surface area (Å²) in [5, 5.41) is 4.04. The van der Waals surface area contributed by atoms with E-state index in [9.17, 15) is 13.6 Å². The van der Waals surface area contributed by atoms with Gasteiger partial charge in [0.1, 0.15) is 5.82 Å². The van der Waals surface area contributed by atoms with Crippen molar-refractivity contribution < 1.29 is 13.6 Å². The van der Waals surface area contributed by atoms with Gasteiger partial charge in [-0.2, -0.15) is 4.39 Å². The van der Waals surface area contributed by atoms with Crippen LogP contribution in [0.1, 0.15) is 22.4 Å². The largest absolute Gasteiger partial charge is 0.333 e. The van der Waals surface area contributed by atoms with Crippen molar-refractivity contribution in [2.24, 2.45) is 0 Å². The molecule has 5 rings (SSSR count). The van der Waals surface area contributed by atoms with Crippen LogP contribution in [0, 0.1) is 11.8 Å². The molecule has 0 fully saturated rings. The average molecular weight is 572 g/mol. The molecule has 0 aliphatic carbocycles. The molecule has 2 aromatic heterocycles. The number of nitrogens with zero attached hydrogens (tertiary/aromatic N) is 3. The van der Waals surface area contributed by atoms with E-state index < -0.39 is 11.8 Å². The minimum Gasteiger partial charge on any atom is -0.333 e. The number of pyridine rings is 1. The molecule has 36 heavy (non-hydrogen) atoms. The first-order valence-corrected chi connectivity index (χ1v) is 12.6. The monoisotopic (exact) mass is 570 g/mol. The summed E-state index contributed by atoms with van der Waals surface area (Å²) >= 11 is 9.40. The Hall–Kier alpha value is -3.07. The second kappa shape index (κ2) is 10.5. The quantitative estimate of drug-likeness (QED) is 0.276. The van der Waals surface area contributed by atoms with Crippen LogP contribution in [0.3, 0.4) is 0 Å². The van der Waals surface area contributed by atoms with Crippen LogP contribution in [0.5, 0.6) is 0 Å². The van der Waals surface area contributed by atoms with Crippen molar-refractivity contribution in [2.45, 2.75) is 19.5 Å². The van der Waals surface area contributed by atoms with Gasteiger partial charge >= 0.3 is 6.03 Å². The molecule has 0 saturated carbocycles. The molecule has 2 aromatic carbocycles. The summed E-state index contributed by atoms with van der Waals surface area (Å²) in [5.41, 5.74) is 4.40. The Morgan fingerprint density at radius 3 is 2.83 bits per heavy atom. The molecule has 5 nitrogen and oxygen atoms in total. The number of hydrogen-bond acceptors (Lipinski definition) is 3. The summed E-state index contributed by atoms with van der Waals surface area (Å²) in [7, 11) is 0. The molecule has 4 aromatic rings. The van der Waals surface area contributed by atoms with E-state index in [0.717, 1.165) is 38.7 Å². The number of aromatic nitrogens is 2. The number of benzene rings is 2. The smallest absolute Gasteiger partial charge is 0.326 e. The Morgan fingerprint density at radius 2 is 2.03 bits per heavy atom. The summed E-state index contributed by atoms with van der Waals surface area (Å²) in [5.74, 6) is -1.01. The van der Waals surface area contributed by atoms with E-state index in [1.54, 1.807) is 22.8 Å². The van der Waals surface area contributed by atoms with Crippen LogP contribution in [0.25, 0.3) is 17.0 Å². The van der Waals surface area contributed by atoms with Gasteiger partial charge in [0, 0.05) is 54.3 Å². The molecule has 0 atom stereocenters. The third kappa shape index (κ3) is 5.21. The van der Waals surface area contributed by atoms with E-state index in [4.69, 9.17) is 11.6 Å². The molecule has 184 valence electrons. The van der Waals surface area contributed by atoms with Crippen molar-refractivity contribution in [3.8, 4) is 0 Å². The molecule has 1 amide bonds. The average Bonchev–Trinajstić information content (AvgIpc) is 3.17. The fourth-order valence-electron chi connectivity index (χ4n) is 4.54. The Kier molecular flexibility index (Phi) is 7.18. The van der Waals surface area contributed by atoms with Gasteiger partial charge in [-0.15, -0.1) is 0 Å². The maximum atomic E-state index is 13.4. The minimum absolute atomic E-state index is 0.103. The fraction of sp³-hybridized carbons (Fsp3) is 0.185. The normalized spacial score (nSPS) is 13.9. The molecule has 0 unspecified atom stereocenters. The highest BCUT2D eigenvalue weighted by molar-refractivity contribution is 9.10. The van der Waals surface area contributed by atoms with E-state index in [1.165, 1.54) is 18.3 Å². The standard InChI is InChI=1S/C27H22BrClF2N4O/c28-19-4-5-20-21-16-34(10-1-2-17-3-6-23(30)22(29)12-17)11-8-24(21)35(25(20)14-19)27(36)33-15-18-7-9-32-26(31)13-18/h1-7,9,12-14H,8,10-11,15-16H2,(H,33,36)/b2-1+. The Labute approximate surface area is 220 Å². The topological polar surface area (TPSA) is 50.2 Å². The highest BCUT2D eigenvalue weighted by Gasteiger charge is 2.26. The second-order valence-corrected chi connectivity index (χ2v) is 9.95. The summed E-state index contributed by atoms with van der Waals surface area (Å²) in [6, 6.07) is 13.3. The van der Waals surface area contributed by atoms with Crippen molar-refractivity contribution in [3.63, 3.8) is 0 Å². The SMILES string of the molecule is O=C(NCc1ccnc(F)c1)n1c2c(c3ccc(Br)cc31)CN(C/C=C/c1ccc(F)c(Cl)c1)CC2. The zero-order valence-electron chi connectivity index (χ0n) is 19.1. The van der Waals surface area contributed by atoms with Crippen molar-refractivity contribution >= 4 is 50.5 Å². The number of nitrogens with one attached hydrogen (secondary N) is 1. The van der Waals surface area contributed by atoms with Crippen LogP contribution in [-0.2, 0) is 19.5 Å². The predicted octanol–water partition coefficient (Wildman–Crippen LogP) is 6.56. The van der Waals surface area contributed by atoms with Crippen LogP contribution in [0.15, 0.2) is 65.3 Å². The molecule has 0 saturated heterocycles. The van der Waals surface area contributed by atoms with E-state index in [-0.39, 0.29) is 17.6 Å². The lowest BCUT2D eigenvalue weighted by Crippen LogP contribution is -2.34. The highest BCUT2D eigenvalue weighted by Crippen LogP contribution is 2.32. The van der Waals surface area contributed by atoms with Gasteiger partial charge in [-0.1, -0.05) is 51.8 Å². The number of rotatable bonds is 5. The van der Waals surface area contributed by atoms with Gasteiger partial charge in [0.05, 0.1) is 10.5 Å². The summed E-state index contributed by atoms with van der Waals surface area (Å²) < 4.78 is 29.5. The van der Waals surface area contributed by atoms with Crippen LogP contribution in [0.2, 0.25) is 5.02 Å².